The summed E-state index contributed by atoms with van der Waals surface area (Å²) >= 11 is 0. The highest BCUT2D eigenvalue weighted by atomic mass is 31.2. The minimum absolute atomic E-state index is 0.262. The van der Waals surface area contributed by atoms with Crippen molar-refractivity contribution in [1.82, 2.24) is 0 Å². The first kappa shape index (κ1) is 18.0. The van der Waals surface area contributed by atoms with Gasteiger partial charge in [0.05, 0.1) is 27.4 Å². The summed E-state index contributed by atoms with van der Waals surface area (Å²) < 4.78 is 39.4. The first-order valence-corrected chi connectivity index (χ1v) is 8.30. The van der Waals surface area contributed by atoms with Crippen molar-refractivity contribution in [3.05, 3.63) is 23.8 Å². The second kappa shape index (κ2) is 8.39. The van der Waals surface area contributed by atoms with Gasteiger partial charge in [0.15, 0.2) is 5.85 Å². The Bertz CT molecular complexity index is 458. The molecule has 0 saturated heterocycles. The van der Waals surface area contributed by atoms with Gasteiger partial charge in [-0.1, -0.05) is 0 Å². The molecule has 0 bridgehead atoms. The largest absolute Gasteiger partial charge is 0.497 e. The predicted molar refractivity (Wildman–Crippen MR) is 80.2 cm³/mol. The first-order valence-electron chi connectivity index (χ1n) is 6.69. The molecule has 0 N–H and O–H groups in total. The van der Waals surface area contributed by atoms with Gasteiger partial charge in [-0.25, -0.2) is 0 Å². The van der Waals surface area contributed by atoms with Crippen LogP contribution in [-0.4, -0.2) is 34.5 Å². The summed E-state index contributed by atoms with van der Waals surface area (Å²) in [5, 5.41) is 0. The van der Waals surface area contributed by atoms with Gasteiger partial charge >= 0.3 is 7.60 Å². The molecule has 6 nitrogen and oxygen atoms in total. The van der Waals surface area contributed by atoms with E-state index < -0.39 is 13.4 Å². The number of ether oxygens (including phenoxy) is 3. The number of hydrogen-bond donors (Lipinski definition) is 0. The Morgan fingerprint density at radius 2 is 1.43 bits per heavy atom. The van der Waals surface area contributed by atoms with Gasteiger partial charge in [0.25, 0.3) is 0 Å². The summed E-state index contributed by atoms with van der Waals surface area (Å²) in [6, 6.07) is 5.17. The van der Waals surface area contributed by atoms with Crippen molar-refractivity contribution >= 4 is 7.60 Å². The molecule has 1 unspecified atom stereocenters. The number of rotatable bonds is 9. The van der Waals surface area contributed by atoms with Gasteiger partial charge in [-0.2, -0.15) is 0 Å². The molecule has 120 valence electrons. The maximum atomic E-state index is 12.9. The average Bonchev–Trinajstić information content (AvgIpc) is 2.47. The summed E-state index contributed by atoms with van der Waals surface area (Å²) in [4.78, 5) is 0. The zero-order chi connectivity index (χ0) is 15.9. The van der Waals surface area contributed by atoms with E-state index in [1.807, 2.05) is 0 Å². The van der Waals surface area contributed by atoms with Crippen molar-refractivity contribution in [2.45, 2.75) is 19.7 Å². The van der Waals surface area contributed by atoms with Crippen molar-refractivity contribution in [3.8, 4) is 11.5 Å². The Balaban J connectivity index is 3.27. The second-order valence-corrected chi connectivity index (χ2v) is 6.17. The van der Waals surface area contributed by atoms with Crippen LogP contribution in [0.4, 0.5) is 0 Å². The Morgan fingerprint density at radius 1 is 0.952 bits per heavy atom. The molecular weight excluding hydrogens is 295 g/mol. The van der Waals surface area contributed by atoms with Crippen molar-refractivity contribution in [2.75, 3.05) is 34.5 Å². The highest BCUT2D eigenvalue weighted by Gasteiger charge is 2.37. The smallest absolute Gasteiger partial charge is 0.363 e. The van der Waals surface area contributed by atoms with Crippen molar-refractivity contribution < 1.29 is 27.8 Å². The van der Waals surface area contributed by atoms with Crippen LogP contribution in [-0.2, 0) is 18.3 Å². The van der Waals surface area contributed by atoms with E-state index in [0.717, 1.165) is 0 Å². The van der Waals surface area contributed by atoms with E-state index in [0.29, 0.717) is 17.1 Å². The van der Waals surface area contributed by atoms with Gasteiger partial charge in [0, 0.05) is 18.7 Å². The molecule has 0 aliphatic heterocycles. The monoisotopic (exact) mass is 318 g/mol. The van der Waals surface area contributed by atoms with Gasteiger partial charge in [-0.3, -0.25) is 4.57 Å². The molecule has 0 aliphatic rings. The molecule has 7 heteroatoms. The summed E-state index contributed by atoms with van der Waals surface area (Å²) in [6.07, 6.45) is 0. The third-order valence-electron chi connectivity index (χ3n) is 2.79. The molecule has 1 aromatic rings. The average molecular weight is 318 g/mol. The molecule has 0 saturated carbocycles. The highest BCUT2D eigenvalue weighted by Crippen LogP contribution is 2.61. The summed E-state index contributed by atoms with van der Waals surface area (Å²) in [5.74, 6) is 0.304. The number of hydrogen-bond acceptors (Lipinski definition) is 6. The first-order chi connectivity index (χ1) is 10.0. The SMILES string of the molecule is CCOP(=O)(OCC)C(OC)c1cc(OC)cc(OC)c1. The Morgan fingerprint density at radius 3 is 1.76 bits per heavy atom. The van der Waals surface area contributed by atoms with Crippen molar-refractivity contribution in [1.29, 1.82) is 0 Å². The normalized spacial score (nSPS) is 13.0. The highest BCUT2D eigenvalue weighted by molar-refractivity contribution is 7.54. The Hall–Kier alpha value is -1.07. The molecule has 0 spiro atoms. The van der Waals surface area contributed by atoms with E-state index in [4.69, 9.17) is 23.3 Å². The lowest BCUT2D eigenvalue weighted by Crippen LogP contribution is -2.09. The molecule has 1 rings (SSSR count). The molecule has 0 aromatic heterocycles. The van der Waals surface area contributed by atoms with Crippen molar-refractivity contribution in [2.24, 2.45) is 0 Å². The Kier molecular flexibility index (Phi) is 7.18. The van der Waals surface area contributed by atoms with E-state index in [9.17, 15) is 4.57 Å². The molecule has 1 atom stereocenters. The van der Waals surface area contributed by atoms with Crippen LogP contribution < -0.4 is 9.47 Å². The zero-order valence-electron chi connectivity index (χ0n) is 13.1. The van der Waals surface area contributed by atoms with E-state index >= 15 is 0 Å². The van der Waals surface area contributed by atoms with Crippen LogP contribution in [0, 0.1) is 0 Å². The molecule has 0 fully saturated rings. The van der Waals surface area contributed by atoms with Gasteiger partial charge in [-0.15, -0.1) is 0 Å². The molecule has 0 heterocycles. The fourth-order valence-electron chi connectivity index (χ4n) is 1.95. The maximum absolute atomic E-state index is 12.9. The number of methoxy groups -OCH3 is 3. The third-order valence-corrected chi connectivity index (χ3v) is 5.11. The van der Waals surface area contributed by atoms with Gasteiger partial charge in [-0.05, 0) is 26.0 Å². The minimum Gasteiger partial charge on any atom is -0.497 e. The van der Waals surface area contributed by atoms with Crippen LogP contribution in [0.3, 0.4) is 0 Å². The van der Waals surface area contributed by atoms with Crippen LogP contribution >= 0.6 is 7.60 Å². The van der Waals surface area contributed by atoms with E-state index in [-0.39, 0.29) is 13.2 Å². The van der Waals surface area contributed by atoms with Crippen LogP contribution in [0.15, 0.2) is 18.2 Å². The van der Waals surface area contributed by atoms with Gasteiger partial charge in [0.1, 0.15) is 11.5 Å². The molecular formula is C14H23O6P. The van der Waals surface area contributed by atoms with Crippen LogP contribution in [0.1, 0.15) is 25.3 Å². The molecule has 0 radical (unpaired) electrons. The lowest BCUT2D eigenvalue weighted by molar-refractivity contribution is 0.109. The standard InChI is InChI=1S/C14H23O6P/c1-6-19-21(15,20-7-2)14(18-5)11-8-12(16-3)10-13(9-11)17-4/h8-10,14H,6-7H2,1-5H3. The molecule has 0 amide bonds. The van der Waals surface area contributed by atoms with E-state index in [2.05, 4.69) is 0 Å². The number of benzene rings is 1. The summed E-state index contributed by atoms with van der Waals surface area (Å²) in [7, 11) is 1.11. The molecule has 21 heavy (non-hydrogen) atoms. The molecule has 1 aromatic carbocycles. The summed E-state index contributed by atoms with van der Waals surface area (Å²) in [6.45, 7) is 4.03. The Labute approximate surface area is 125 Å². The lowest BCUT2D eigenvalue weighted by Gasteiger charge is -2.25. The summed E-state index contributed by atoms with van der Waals surface area (Å²) in [5.41, 5.74) is 0.610. The van der Waals surface area contributed by atoms with Crippen LogP contribution in [0.2, 0.25) is 0 Å². The quantitative estimate of drug-likeness (QED) is 0.648. The lowest BCUT2D eigenvalue weighted by atomic mass is 10.2. The van der Waals surface area contributed by atoms with E-state index in [1.54, 1.807) is 46.3 Å². The third kappa shape index (κ3) is 4.45. The van der Waals surface area contributed by atoms with E-state index in [1.165, 1.54) is 7.11 Å². The fourth-order valence-corrected chi connectivity index (χ4v) is 3.79. The predicted octanol–water partition coefficient (Wildman–Crippen LogP) is 3.61. The maximum Gasteiger partial charge on any atom is 0.363 e. The van der Waals surface area contributed by atoms with Crippen molar-refractivity contribution in [3.63, 3.8) is 0 Å². The fraction of sp³-hybridized carbons (Fsp3) is 0.571. The topological polar surface area (TPSA) is 63.2 Å². The van der Waals surface area contributed by atoms with Crippen LogP contribution in [0.25, 0.3) is 0 Å². The van der Waals surface area contributed by atoms with Gasteiger partial charge < -0.3 is 23.3 Å². The molecule has 0 aliphatic carbocycles. The van der Waals surface area contributed by atoms with Crippen LogP contribution in [0.5, 0.6) is 11.5 Å². The van der Waals surface area contributed by atoms with Gasteiger partial charge in [0.2, 0.25) is 0 Å². The zero-order valence-corrected chi connectivity index (χ0v) is 14.0. The minimum atomic E-state index is -3.45. The second-order valence-electron chi connectivity index (χ2n) is 4.11.